The van der Waals surface area contributed by atoms with Crippen molar-refractivity contribution in [2.75, 3.05) is 26.7 Å². The van der Waals surface area contributed by atoms with E-state index >= 15 is 0 Å². The van der Waals surface area contributed by atoms with E-state index in [0.29, 0.717) is 6.54 Å². The molecule has 0 heterocycles. The smallest absolute Gasteiger partial charge is 0.328 e. The Kier molecular flexibility index (Phi) is 8.35. The van der Waals surface area contributed by atoms with Crippen molar-refractivity contribution in [3.63, 3.8) is 0 Å². The van der Waals surface area contributed by atoms with Gasteiger partial charge in [-0.15, -0.1) is 0 Å². The second-order valence-electron chi connectivity index (χ2n) is 4.05. The van der Waals surface area contributed by atoms with Gasteiger partial charge in [0.15, 0.2) is 0 Å². The van der Waals surface area contributed by atoms with Gasteiger partial charge in [0.25, 0.3) is 0 Å². The summed E-state index contributed by atoms with van der Waals surface area (Å²) in [6.45, 7) is 3.02. The number of aliphatic carboxylic acids is 1. The first-order valence-corrected chi connectivity index (χ1v) is 5.82. The van der Waals surface area contributed by atoms with Crippen LogP contribution >= 0.6 is 0 Å². The first-order chi connectivity index (χ1) is 8.01. The standard InChI is InChI=1S/C11H22N2O4/c1-3-4-6-13(2)7-5-10(15)12-9(8-14)11(16)17/h9,14H,3-8H2,1-2H3,(H,12,15)(H,16,17). The molecule has 0 aromatic heterocycles. The monoisotopic (exact) mass is 246 g/mol. The highest BCUT2D eigenvalue weighted by Gasteiger charge is 2.18. The fourth-order valence-electron chi connectivity index (χ4n) is 1.28. The van der Waals surface area contributed by atoms with Crippen LogP contribution in [0.5, 0.6) is 0 Å². The number of rotatable bonds is 9. The number of hydrogen-bond donors (Lipinski definition) is 3. The summed E-state index contributed by atoms with van der Waals surface area (Å²) < 4.78 is 0. The van der Waals surface area contributed by atoms with Gasteiger partial charge in [-0.2, -0.15) is 0 Å². The minimum absolute atomic E-state index is 0.240. The van der Waals surface area contributed by atoms with Gasteiger partial charge in [0.2, 0.25) is 5.91 Å². The molecule has 0 aliphatic heterocycles. The van der Waals surface area contributed by atoms with Crippen LogP contribution in [0.15, 0.2) is 0 Å². The van der Waals surface area contributed by atoms with Gasteiger partial charge in [-0.3, -0.25) is 4.79 Å². The minimum Gasteiger partial charge on any atom is -0.480 e. The molecule has 0 aliphatic rings. The van der Waals surface area contributed by atoms with Crippen molar-refractivity contribution in [2.45, 2.75) is 32.2 Å². The van der Waals surface area contributed by atoms with Gasteiger partial charge < -0.3 is 20.4 Å². The number of carbonyl (C=O) groups is 2. The van der Waals surface area contributed by atoms with Crippen LogP contribution in [-0.2, 0) is 9.59 Å². The number of hydrogen-bond acceptors (Lipinski definition) is 4. The molecule has 0 fully saturated rings. The van der Waals surface area contributed by atoms with Crippen molar-refractivity contribution >= 4 is 11.9 Å². The molecule has 0 radical (unpaired) electrons. The fourth-order valence-corrected chi connectivity index (χ4v) is 1.28. The van der Waals surface area contributed by atoms with Gasteiger partial charge in [0.1, 0.15) is 6.04 Å². The first kappa shape index (κ1) is 15.9. The SMILES string of the molecule is CCCCN(C)CCC(=O)NC(CO)C(=O)O. The molecule has 100 valence electrons. The molecule has 17 heavy (non-hydrogen) atoms. The summed E-state index contributed by atoms with van der Waals surface area (Å²) in [5.41, 5.74) is 0. The lowest BCUT2D eigenvalue weighted by atomic mass is 10.2. The normalized spacial score (nSPS) is 12.5. The van der Waals surface area contributed by atoms with Gasteiger partial charge in [-0.05, 0) is 20.0 Å². The van der Waals surface area contributed by atoms with Crippen molar-refractivity contribution in [3.8, 4) is 0 Å². The van der Waals surface area contributed by atoms with E-state index in [2.05, 4.69) is 12.2 Å². The molecule has 1 unspecified atom stereocenters. The largest absolute Gasteiger partial charge is 0.480 e. The van der Waals surface area contributed by atoms with Crippen LogP contribution in [0.25, 0.3) is 0 Å². The fraction of sp³-hybridized carbons (Fsp3) is 0.818. The first-order valence-electron chi connectivity index (χ1n) is 5.82. The molecule has 6 heteroatoms. The van der Waals surface area contributed by atoms with E-state index in [-0.39, 0.29) is 12.3 Å². The number of amides is 1. The lowest BCUT2D eigenvalue weighted by Gasteiger charge is -2.16. The van der Waals surface area contributed by atoms with Gasteiger partial charge in [0, 0.05) is 13.0 Å². The number of carbonyl (C=O) groups excluding carboxylic acids is 1. The van der Waals surface area contributed by atoms with Crippen LogP contribution in [0.3, 0.4) is 0 Å². The third-order valence-electron chi connectivity index (χ3n) is 2.43. The molecular weight excluding hydrogens is 224 g/mol. The van der Waals surface area contributed by atoms with Gasteiger partial charge >= 0.3 is 5.97 Å². The van der Waals surface area contributed by atoms with E-state index in [1.807, 2.05) is 11.9 Å². The zero-order valence-electron chi connectivity index (χ0n) is 10.5. The third-order valence-corrected chi connectivity index (χ3v) is 2.43. The highest BCUT2D eigenvalue weighted by Crippen LogP contribution is 1.94. The van der Waals surface area contributed by atoms with E-state index in [0.717, 1.165) is 19.4 Å². The Balaban J connectivity index is 3.82. The summed E-state index contributed by atoms with van der Waals surface area (Å²) in [4.78, 5) is 24.0. The zero-order valence-corrected chi connectivity index (χ0v) is 10.5. The van der Waals surface area contributed by atoms with E-state index in [1.54, 1.807) is 0 Å². The molecule has 6 nitrogen and oxygen atoms in total. The van der Waals surface area contributed by atoms with Gasteiger partial charge in [-0.1, -0.05) is 13.3 Å². The number of unbranched alkanes of at least 4 members (excludes halogenated alkanes) is 1. The maximum Gasteiger partial charge on any atom is 0.328 e. The van der Waals surface area contributed by atoms with E-state index in [4.69, 9.17) is 10.2 Å². The highest BCUT2D eigenvalue weighted by molar-refractivity contribution is 5.83. The van der Waals surface area contributed by atoms with Crippen molar-refractivity contribution in [1.82, 2.24) is 10.2 Å². The van der Waals surface area contributed by atoms with Crippen LogP contribution in [-0.4, -0.2) is 59.8 Å². The second-order valence-corrected chi connectivity index (χ2v) is 4.05. The number of aliphatic hydroxyl groups is 1. The Bertz CT molecular complexity index is 246. The molecule has 0 bridgehead atoms. The van der Waals surface area contributed by atoms with E-state index in [9.17, 15) is 9.59 Å². The summed E-state index contributed by atoms with van der Waals surface area (Å²) in [6.07, 6.45) is 2.42. The Morgan fingerprint density at radius 1 is 1.35 bits per heavy atom. The van der Waals surface area contributed by atoms with E-state index < -0.39 is 18.6 Å². The van der Waals surface area contributed by atoms with Crippen LogP contribution < -0.4 is 5.32 Å². The predicted molar refractivity (Wildman–Crippen MR) is 63.7 cm³/mol. The maximum atomic E-state index is 11.4. The van der Waals surface area contributed by atoms with Crippen molar-refractivity contribution in [3.05, 3.63) is 0 Å². The lowest BCUT2D eigenvalue weighted by molar-refractivity contribution is -0.143. The number of aliphatic hydroxyl groups excluding tert-OH is 1. The van der Waals surface area contributed by atoms with Crippen LogP contribution in [0.4, 0.5) is 0 Å². The summed E-state index contributed by atoms with van der Waals surface area (Å²) in [7, 11) is 1.92. The molecule has 1 atom stereocenters. The average molecular weight is 246 g/mol. The average Bonchev–Trinajstić information content (AvgIpc) is 2.30. The zero-order chi connectivity index (χ0) is 13.3. The van der Waals surface area contributed by atoms with Crippen molar-refractivity contribution in [2.24, 2.45) is 0 Å². The number of nitrogens with zero attached hydrogens (tertiary/aromatic N) is 1. The Labute approximate surface area is 102 Å². The third kappa shape index (κ3) is 7.70. The van der Waals surface area contributed by atoms with Crippen LogP contribution in [0.1, 0.15) is 26.2 Å². The summed E-state index contributed by atoms with van der Waals surface area (Å²) in [6, 6.07) is -1.21. The van der Waals surface area contributed by atoms with Crippen LogP contribution in [0.2, 0.25) is 0 Å². The Hall–Kier alpha value is -1.14. The molecule has 0 spiro atoms. The Morgan fingerprint density at radius 2 is 2.00 bits per heavy atom. The van der Waals surface area contributed by atoms with Gasteiger partial charge in [0.05, 0.1) is 6.61 Å². The number of carboxylic acids is 1. The second kappa shape index (κ2) is 8.95. The lowest BCUT2D eigenvalue weighted by Crippen LogP contribution is -2.44. The summed E-state index contributed by atoms with van der Waals surface area (Å²) >= 11 is 0. The molecule has 0 saturated heterocycles. The molecule has 0 saturated carbocycles. The minimum atomic E-state index is -1.22. The molecule has 0 aromatic carbocycles. The topological polar surface area (TPSA) is 89.9 Å². The number of nitrogens with one attached hydrogen (secondary N) is 1. The van der Waals surface area contributed by atoms with E-state index in [1.165, 1.54) is 0 Å². The maximum absolute atomic E-state index is 11.4. The van der Waals surface area contributed by atoms with Crippen LogP contribution in [0, 0.1) is 0 Å². The molecule has 0 aromatic rings. The Morgan fingerprint density at radius 3 is 2.47 bits per heavy atom. The van der Waals surface area contributed by atoms with Crippen molar-refractivity contribution in [1.29, 1.82) is 0 Å². The van der Waals surface area contributed by atoms with Gasteiger partial charge in [-0.25, -0.2) is 4.79 Å². The summed E-state index contributed by atoms with van der Waals surface area (Å²) in [5, 5.41) is 19.6. The van der Waals surface area contributed by atoms with Crippen molar-refractivity contribution < 1.29 is 19.8 Å². The molecule has 3 N–H and O–H groups in total. The molecule has 1 amide bonds. The molecule has 0 aliphatic carbocycles. The quantitative estimate of drug-likeness (QED) is 0.518. The number of carboxylic acid groups (broad SMARTS) is 1. The molecular formula is C11H22N2O4. The highest BCUT2D eigenvalue weighted by atomic mass is 16.4. The summed E-state index contributed by atoms with van der Waals surface area (Å²) in [5.74, 6) is -1.57. The predicted octanol–water partition coefficient (Wildman–Crippen LogP) is -0.330. The molecule has 0 rings (SSSR count).